The number of benzene rings is 1. The Balaban J connectivity index is 1.41. The number of hydrogen-bond donors (Lipinski definition) is 1. The maximum Gasteiger partial charge on any atom is 0.422 e. The number of carbonyl (C=O) groups is 2. The lowest BCUT2D eigenvalue weighted by Crippen LogP contribution is -2.57. The second-order valence-electron chi connectivity index (χ2n) is 10.7. The summed E-state index contributed by atoms with van der Waals surface area (Å²) in [6, 6.07) is 9.58. The largest absolute Gasteiger partial charge is 0.445 e. The Labute approximate surface area is 214 Å². The van der Waals surface area contributed by atoms with Gasteiger partial charge in [-0.1, -0.05) is 30.3 Å². The average Bonchev–Trinajstić information content (AvgIpc) is 2.82. The molecule has 10 nitrogen and oxygen atoms in total. The number of piperazine rings is 1. The molecule has 2 heterocycles. The van der Waals surface area contributed by atoms with E-state index in [0.717, 1.165) is 31.6 Å². The maximum atomic E-state index is 12.4. The van der Waals surface area contributed by atoms with Gasteiger partial charge in [0, 0.05) is 32.7 Å². The molecule has 2 aliphatic rings. The fourth-order valence-electron chi connectivity index (χ4n) is 4.04. The number of hydrogen-bond acceptors (Lipinski definition) is 8. The highest BCUT2D eigenvalue weighted by atomic mass is 16.7. The van der Waals surface area contributed by atoms with Crippen molar-refractivity contribution >= 4 is 12.2 Å². The van der Waals surface area contributed by atoms with Gasteiger partial charge in [0.05, 0.1) is 19.3 Å². The predicted octanol–water partition coefficient (Wildman–Crippen LogP) is 3.22. The highest BCUT2D eigenvalue weighted by Crippen LogP contribution is 2.20. The van der Waals surface area contributed by atoms with Crippen LogP contribution in [0.15, 0.2) is 30.3 Å². The molecule has 10 heteroatoms. The molecule has 0 radical (unpaired) electrons. The van der Waals surface area contributed by atoms with E-state index in [4.69, 9.17) is 18.9 Å². The Kier molecular flexibility index (Phi) is 9.95. The van der Waals surface area contributed by atoms with Crippen LogP contribution in [0.1, 0.15) is 46.6 Å². The molecule has 0 aromatic heterocycles. The summed E-state index contributed by atoms with van der Waals surface area (Å²) < 4.78 is 22.5. The van der Waals surface area contributed by atoms with Gasteiger partial charge in [0.25, 0.3) is 0 Å². The lowest BCUT2D eigenvalue weighted by atomic mass is 10.2. The van der Waals surface area contributed by atoms with E-state index in [9.17, 15) is 9.59 Å². The van der Waals surface area contributed by atoms with Gasteiger partial charge in [0.2, 0.25) is 0 Å². The number of nitrogens with zero attached hydrogens (tertiary/aromatic N) is 3. The van der Waals surface area contributed by atoms with Crippen LogP contribution >= 0.6 is 0 Å². The summed E-state index contributed by atoms with van der Waals surface area (Å²) >= 11 is 0. The van der Waals surface area contributed by atoms with Crippen LogP contribution in [-0.4, -0.2) is 96.9 Å². The van der Waals surface area contributed by atoms with E-state index in [0.29, 0.717) is 32.8 Å². The van der Waals surface area contributed by atoms with Crippen LogP contribution in [0.5, 0.6) is 0 Å². The standard InChI is InChI=1S/C26H42N4O6/c1-25(2,3)36-23(31)27-30(22-19-34-26(4,5)35-20-22)13-9-12-28-14-16-29(17-15-28)24(32)33-18-21-10-7-6-8-11-21/h6-8,10-11,22H,9,12-20H2,1-5H3,(H,27,31). The Bertz CT molecular complexity index is 827. The molecule has 1 N–H and O–H groups in total. The molecule has 0 bridgehead atoms. The van der Waals surface area contributed by atoms with Crippen LogP contribution in [0.4, 0.5) is 9.59 Å². The lowest BCUT2D eigenvalue weighted by Gasteiger charge is -2.40. The fourth-order valence-corrected chi connectivity index (χ4v) is 4.04. The van der Waals surface area contributed by atoms with E-state index in [1.807, 2.05) is 70.0 Å². The van der Waals surface area contributed by atoms with Crippen molar-refractivity contribution in [3.63, 3.8) is 0 Å². The van der Waals surface area contributed by atoms with Gasteiger partial charge in [-0.3, -0.25) is 10.3 Å². The van der Waals surface area contributed by atoms with Crippen molar-refractivity contribution in [2.45, 2.75) is 65.1 Å². The quantitative estimate of drug-likeness (QED) is 0.538. The zero-order valence-electron chi connectivity index (χ0n) is 22.3. The molecule has 0 saturated carbocycles. The van der Waals surface area contributed by atoms with E-state index >= 15 is 0 Å². The van der Waals surface area contributed by atoms with Gasteiger partial charge in [-0.2, -0.15) is 0 Å². The topological polar surface area (TPSA) is 92.8 Å². The second kappa shape index (κ2) is 12.7. The molecular formula is C26H42N4O6. The molecule has 0 atom stereocenters. The smallest absolute Gasteiger partial charge is 0.422 e. The normalized spacial score (nSPS) is 19.2. The summed E-state index contributed by atoms with van der Waals surface area (Å²) in [5.74, 6) is -0.629. The number of nitrogens with one attached hydrogen (secondary N) is 1. The van der Waals surface area contributed by atoms with Gasteiger partial charge in [-0.05, 0) is 53.1 Å². The molecule has 202 valence electrons. The molecule has 1 aromatic carbocycles. The third-order valence-corrected chi connectivity index (χ3v) is 6.03. The van der Waals surface area contributed by atoms with E-state index < -0.39 is 17.5 Å². The first-order valence-electron chi connectivity index (χ1n) is 12.7. The van der Waals surface area contributed by atoms with Gasteiger partial charge >= 0.3 is 12.2 Å². The van der Waals surface area contributed by atoms with Crippen molar-refractivity contribution in [2.24, 2.45) is 0 Å². The van der Waals surface area contributed by atoms with E-state index in [-0.39, 0.29) is 18.7 Å². The molecular weight excluding hydrogens is 464 g/mol. The van der Waals surface area contributed by atoms with Crippen LogP contribution in [0.3, 0.4) is 0 Å². The van der Waals surface area contributed by atoms with Gasteiger partial charge in [-0.15, -0.1) is 0 Å². The molecule has 0 aliphatic carbocycles. The number of ether oxygens (including phenoxy) is 4. The Hall–Kier alpha value is -2.40. The molecule has 2 amide bonds. The zero-order valence-corrected chi connectivity index (χ0v) is 22.3. The molecule has 2 saturated heterocycles. The van der Waals surface area contributed by atoms with Crippen LogP contribution < -0.4 is 5.43 Å². The van der Waals surface area contributed by atoms with Crippen LogP contribution in [0, 0.1) is 0 Å². The highest BCUT2D eigenvalue weighted by Gasteiger charge is 2.33. The third-order valence-electron chi connectivity index (χ3n) is 6.03. The zero-order chi connectivity index (χ0) is 26.2. The summed E-state index contributed by atoms with van der Waals surface area (Å²) in [5.41, 5.74) is 3.28. The highest BCUT2D eigenvalue weighted by molar-refractivity contribution is 5.68. The predicted molar refractivity (Wildman–Crippen MR) is 135 cm³/mol. The van der Waals surface area contributed by atoms with E-state index in [1.165, 1.54) is 0 Å². The van der Waals surface area contributed by atoms with Crippen molar-refractivity contribution in [3.05, 3.63) is 35.9 Å². The first-order chi connectivity index (χ1) is 17.0. The number of hydrazine groups is 1. The lowest BCUT2D eigenvalue weighted by molar-refractivity contribution is -0.266. The summed E-state index contributed by atoms with van der Waals surface area (Å²) in [6.45, 7) is 14.8. The minimum Gasteiger partial charge on any atom is -0.445 e. The van der Waals surface area contributed by atoms with Crippen LogP contribution in [-0.2, 0) is 25.6 Å². The average molecular weight is 507 g/mol. The van der Waals surface area contributed by atoms with E-state index in [1.54, 1.807) is 4.90 Å². The van der Waals surface area contributed by atoms with Crippen molar-refractivity contribution in [1.29, 1.82) is 0 Å². The van der Waals surface area contributed by atoms with Crippen molar-refractivity contribution in [2.75, 3.05) is 52.5 Å². The maximum absolute atomic E-state index is 12.4. The first-order valence-corrected chi connectivity index (χ1v) is 12.7. The number of rotatable bonds is 8. The van der Waals surface area contributed by atoms with Gasteiger partial charge in [0.1, 0.15) is 12.2 Å². The monoisotopic (exact) mass is 506 g/mol. The second-order valence-corrected chi connectivity index (χ2v) is 10.7. The van der Waals surface area contributed by atoms with Gasteiger partial charge in [0.15, 0.2) is 5.79 Å². The van der Waals surface area contributed by atoms with Crippen LogP contribution in [0.25, 0.3) is 0 Å². The molecule has 2 aliphatic heterocycles. The first kappa shape index (κ1) is 28.2. The van der Waals surface area contributed by atoms with Gasteiger partial charge in [-0.25, -0.2) is 14.6 Å². The number of amides is 2. The third kappa shape index (κ3) is 9.57. The summed E-state index contributed by atoms with van der Waals surface area (Å²) in [4.78, 5) is 28.9. The molecule has 1 aromatic rings. The molecule has 3 rings (SSSR count). The Morgan fingerprint density at radius 3 is 2.33 bits per heavy atom. The van der Waals surface area contributed by atoms with Gasteiger partial charge < -0.3 is 23.8 Å². The summed E-state index contributed by atoms with van der Waals surface area (Å²) in [5, 5.41) is 1.86. The molecule has 0 unspecified atom stereocenters. The Morgan fingerprint density at radius 1 is 1.08 bits per heavy atom. The summed E-state index contributed by atoms with van der Waals surface area (Å²) in [7, 11) is 0. The number of carbonyl (C=O) groups excluding carboxylic acids is 2. The van der Waals surface area contributed by atoms with Crippen LogP contribution in [0.2, 0.25) is 0 Å². The summed E-state index contributed by atoms with van der Waals surface area (Å²) in [6.07, 6.45) is 0.0650. The molecule has 36 heavy (non-hydrogen) atoms. The minimum absolute atomic E-state index is 0.109. The fraction of sp³-hybridized carbons (Fsp3) is 0.692. The molecule has 2 fully saturated rings. The SMILES string of the molecule is CC(C)(C)OC(=O)NN(CCCN1CCN(C(=O)OCc2ccccc2)CC1)C1COC(C)(C)OC1. The minimum atomic E-state index is -0.629. The molecule has 0 spiro atoms. The van der Waals surface area contributed by atoms with E-state index in [2.05, 4.69) is 10.3 Å². The van der Waals surface area contributed by atoms with Crippen molar-refractivity contribution in [3.8, 4) is 0 Å². The Morgan fingerprint density at radius 2 is 1.72 bits per heavy atom. The van der Waals surface area contributed by atoms with Crippen molar-refractivity contribution < 1.29 is 28.5 Å². The van der Waals surface area contributed by atoms with Crippen molar-refractivity contribution in [1.82, 2.24) is 20.2 Å².